The predicted molar refractivity (Wildman–Crippen MR) is 131 cm³/mol. The molecule has 8 heteroatoms. The number of ether oxygens (including phenoxy) is 1. The summed E-state index contributed by atoms with van der Waals surface area (Å²) in [5, 5.41) is 8.78. The van der Waals surface area contributed by atoms with E-state index in [2.05, 4.69) is 29.3 Å². The van der Waals surface area contributed by atoms with E-state index in [1.807, 2.05) is 47.1 Å². The minimum atomic E-state index is -0.0327. The van der Waals surface area contributed by atoms with Gasteiger partial charge in [0.15, 0.2) is 0 Å². The van der Waals surface area contributed by atoms with Crippen LogP contribution in [0.25, 0.3) is 16.2 Å². The second kappa shape index (κ2) is 9.23. The van der Waals surface area contributed by atoms with E-state index < -0.39 is 0 Å². The Morgan fingerprint density at radius 2 is 2.09 bits per heavy atom. The maximum absolute atomic E-state index is 12.8. The summed E-state index contributed by atoms with van der Waals surface area (Å²) in [4.78, 5) is 20.6. The predicted octanol–water partition coefficient (Wildman–Crippen LogP) is 4.31. The second-order valence-electron chi connectivity index (χ2n) is 8.46. The van der Waals surface area contributed by atoms with Gasteiger partial charge in [0.2, 0.25) is 16.0 Å². The molecule has 1 saturated heterocycles. The van der Waals surface area contributed by atoms with Crippen LogP contribution in [0.15, 0.2) is 54.7 Å². The highest BCUT2D eigenvalue weighted by atomic mass is 32.1. The van der Waals surface area contributed by atoms with E-state index in [9.17, 15) is 4.79 Å². The molecular formula is C25H27N5O2S. The molecule has 5 rings (SSSR count). The molecule has 1 amide bonds. The van der Waals surface area contributed by atoms with Crippen molar-refractivity contribution in [2.45, 2.75) is 26.3 Å². The fourth-order valence-corrected chi connectivity index (χ4v) is 5.16. The summed E-state index contributed by atoms with van der Waals surface area (Å²) in [5.41, 5.74) is 4.24. The quantitative estimate of drug-likeness (QED) is 0.463. The monoisotopic (exact) mass is 461 g/mol. The molecule has 1 aliphatic heterocycles. The SMILES string of the molecule is COc1ccc(-c2cn3nc(N4CCC[C@H](C(=O)NCc5cccc(C)c5)C4)sc3n2)cc1. The number of amides is 1. The Bertz CT molecular complexity index is 1230. The number of nitrogens with one attached hydrogen (secondary N) is 1. The van der Waals surface area contributed by atoms with Gasteiger partial charge < -0.3 is 15.0 Å². The van der Waals surface area contributed by atoms with Gasteiger partial charge in [0.1, 0.15) is 5.75 Å². The largest absolute Gasteiger partial charge is 0.497 e. The molecule has 3 heterocycles. The zero-order valence-electron chi connectivity index (χ0n) is 18.8. The lowest BCUT2D eigenvalue weighted by molar-refractivity contribution is -0.125. The van der Waals surface area contributed by atoms with Crippen LogP contribution in [0.5, 0.6) is 5.75 Å². The van der Waals surface area contributed by atoms with Crippen LogP contribution >= 0.6 is 11.3 Å². The van der Waals surface area contributed by atoms with Gasteiger partial charge in [-0.25, -0.2) is 9.50 Å². The number of hydrogen-bond acceptors (Lipinski definition) is 6. The van der Waals surface area contributed by atoms with Gasteiger partial charge in [-0.05, 0) is 49.6 Å². The highest BCUT2D eigenvalue weighted by Crippen LogP contribution is 2.30. The van der Waals surface area contributed by atoms with Gasteiger partial charge >= 0.3 is 0 Å². The first-order valence-electron chi connectivity index (χ1n) is 11.2. The van der Waals surface area contributed by atoms with E-state index in [4.69, 9.17) is 14.8 Å². The van der Waals surface area contributed by atoms with Crippen LogP contribution in [0, 0.1) is 12.8 Å². The molecule has 170 valence electrons. The maximum Gasteiger partial charge on any atom is 0.225 e. The number of benzene rings is 2. The highest BCUT2D eigenvalue weighted by molar-refractivity contribution is 7.20. The van der Waals surface area contributed by atoms with Gasteiger partial charge in [-0.1, -0.05) is 41.2 Å². The Balaban J connectivity index is 1.24. The van der Waals surface area contributed by atoms with Crippen molar-refractivity contribution in [3.63, 3.8) is 0 Å². The molecule has 0 unspecified atom stereocenters. The summed E-state index contributed by atoms with van der Waals surface area (Å²) in [6, 6.07) is 16.1. The number of piperidine rings is 1. The highest BCUT2D eigenvalue weighted by Gasteiger charge is 2.27. The number of rotatable bonds is 6. The van der Waals surface area contributed by atoms with Crippen molar-refractivity contribution in [2.24, 2.45) is 5.92 Å². The van der Waals surface area contributed by atoms with E-state index in [1.54, 1.807) is 18.4 Å². The summed E-state index contributed by atoms with van der Waals surface area (Å²) < 4.78 is 7.06. The van der Waals surface area contributed by atoms with Crippen molar-refractivity contribution in [3.8, 4) is 17.0 Å². The number of fused-ring (bicyclic) bond motifs is 1. The van der Waals surface area contributed by atoms with Crippen molar-refractivity contribution in [3.05, 3.63) is 65.9 Å². The zero-order valence-corrected chi connectivity index (χ0v) is 19.6. The van der Waals surface area contributed by atoms with E-state index in [0.29, 0.717) is 13.1 Å². The minimum Gasteiger partial charge on any atom is -0.497 e. The third-order valence-electron chi connectivity index (χ3n) is 6.03. The summed E-state index contributed by atoms with van der Waals surface area (Å²) in [6.45, 7) is 4.22. The van der Waals surface area contributed by atoms with E-state index >= 15 is 0 Å². The molecular weight excluding hydrogens is 434 g/mol. The second-order valence-corrected chi connectivity index (χ2v) is 9.39. The normalized spacial score (nSPS) is 16.2. The molecule has 2 aromatic heterocycles. The average molecular weight is 462 g/mol. The van der Waals surface area contributed by atoms with Gasteiger partial charge in [-0.15, -0.1) is 5.10 Å². The van der Waals surface area contributed by atoms with Gasteiger partial charge in [0.25, 0.3) is 0 Å². The van der Waals surface area contributed by atoms with Crippen molar-refractivity contribution in [2.75, 3.05) is 25.1 Å². The number of nitrogens with zero attached hydrogens (tertiary/aromatic N) is 4. The Hall–Kier alpha value is -3.39. The van der Waals surface area contributed by atoms with E-state index in [-0.39, 0.29) is 11.8 Å². The molecule has 2 aromatic carbocycles. The third-order valence-corrected chi connectivity index (χ3v) is 7.01. The van der Waals surface area contributed by atoms with E-state index in [1.165, 1.54) is 5.56 Å². The summed E-state index contributed by atoms with van der Waals surface area (Å²) in [7, 11) is 1.66. The summed E-state index contributed by atoms with van der Waals surface area (Å²) in [5.74, 6) is 0.904. The molecule has 0 spiro atoms. The number of anilines is 1. The Labute approximate surface area is 197 Å². The lowest BCUT2D eigenvalue weighted by Gasteiger charge is -2.31. The smallest absolute Gasteiger partial charge is 0.225 e. The molecule has 0 saturated carbocycles. The molecule has 1 aliphatic rings. The van der Waals surface area contributed by atoms with Crippen molar-refractivity contribution < 1.29 is 9.53 Å². The van der Waals surface area contributed by atoms with Gasteiger partial charge in [0.05, 0.1) is 24.9 Å². The standard InChI is InChI=1S/C25H27N5O2S/c1-17-5-3-6-18(13-17)14-26-23(31)20-7-4-12-29(15-20)25-28-30-16-22(27-24(30)33-25)19-8-10-21(32-2)11-9-19/h3,5-6,8-11,13,16,20H,4,7,12,14-15H2,1-2H3,(H,26,31)/t20-/m0/s1. The van der Waals surface area contributed by atoms with Crippen LogP contribution in [0.2, 0.25) is 0 Å². The number of carbonyl (C=O) groups excluding carboxylic acids is 1. The first-order chi connectivity index (χ1) is 16.1. The van der Waals surface area contributed by atoms with Crippen LogP contribution in [0.1, 0.15) is 24.0 Å². The molecule has 1 atom stereocenters. The molecule has 0 bridgehead atoms. The average Bonchev–Trinajstić information content (AvgIpc) is 3.42. The van der Waals surface area contributed by atoms with Gasteiger partial charge in [-0.2, -0.15) is 0 Å². The van der Waals surface area contributed by atoms with Crippen LogP contribution in [-0.2, 0) is 11.3 Å². The lowest BCUT2D eigenvalue weighted by atomic mass is 9.97. The fraction of sp³-hybridized carbons (Fsp3) is 0.320. The number of carbonyl (C=O) groups is 1. The molecule has 33 heavy (non-hydrogen) atoms. The molecule has 7 nitrogen and oxygen atoms in total. The molecule has 0 radical (unpaired) electrons. The van der Waals surface area contributed by atoms with Crippen molar-refractivity contribution >= 4 is 27.3 Å². The Kier molecular flexibility index (Phi) is 6.00. The van der Waals surface area contributed by atoms with Crippen molar-refractivity contribution in [1.82, 2.24) is 19.9 Å². The van der Waals surface area contributed by atoms with Gasteiger partial charge in [-0.3, -0.25) is 4.79 Å². The molecule has 1 fully saturated rings. The molecule has 1 N–H and O–H groups in total. The fourth-order valence-electron chi connectivity index (χ4n) is 4.24. The first-order valence-corrected chi connectivity index (χ1v) is 12.0. The van der Waals surface area contributed by atoms with Crippen LogP contribution < -0.4 is 15.0 Å². The summed E-state index contributed by atoms with van der Waals surface area (Å²) in [6.07, 6.45) is 3.83. The van der Waals surface area contributed by atoms with Crippen LogP contribution in [0.3, 0.4) is 0 Å². The van der Waals surface area contributed by atoms with Crippen molar-refractivity contribution in [1.29, 1.82) is 0 Å². The number of aryl methyl sites for hydroxylation is 1. The maximum atomic E-state index is 12.8. The molecule has 4 aromatic rings. The topological polar surface area (TPSA) is 71.8 Å². The van der Waals surface area contributed by atoms with Crippen LogP contribution in [-0.4, -0.2) is 40.7 Å². The Morgan fingerprint density at radius 1 is 1.24 bits per heavy atom. The Morgan fingerprint density at radius 3 is 2.85 bits per heavy atom. The first kappa shape index (κ1) is 21.5. The number of imidazole rings is 1. The number of hydrogen-bond donors (Lipinski definition) is 1. The lowest BCUT2D eigenvalue weighted by Crippen LogP contribution is -2.43. The molecule has 0 aliphatic carbocycles. The third kappa shape index (κ3) is 4.71. The number of methoxy groups -OCH3 is 1. The zero-order chi connectivity index (χ0) is 22.8. The minimum absolute atomic E-state index is 0.0327. The van der Waals surface area contributed by atoms with Gasteiger partial charge in [0, 0.05) is 25.2 Å². The number of aromatic nitrogens is 3. The van der Waals surface area contributed by atoms with E-state index in [0.717, 1.165) is 52.0 Å². The summed E-state index contributed by atoms with van der Waals surface area (Å²) >= 11 is 1.56. The van der Waals surface area contributed by atoms with Crippen LogP contribution in [0.4, 0.5) is 5.13 Å².